The Morgan fingerprint density at radius 2 is 1.77 bits per heavy atom. The molecule has 8 heteroatoms. The minimum atomic E-state index is -3.63. The first-order valence-electron chi connectivity index (χ1n) is 9.10. The van der Waals surface area contributed by atoms with Crippen LogP contribution in [0.1, 0.15) is 15.9 Å². The molecule has 6 nitrogen and oxygen atoms in total. The summed E-state index contributed by atoms with van der Waals surface area (Å²) < 4.78 is 27.5. The van der Waals surface area contributed by atoms with E-state index in [1.54, 1.807) is 54.6 Å². The van der Waals surface area contributed by atoms with E-state index < -0.39 is 10.0 Å². The Balaban J connectivity index is 1.64. The molecular weight excluding hydrogens is 418 g/mol. The second-order valence-corrected chi connectivity index (χ2v) is 9.21. The quantitative estimate of drug-likeness (QED) is 0.512. The van der Waals surface area contributed by atoms with Gasteiger partial charge in [-0.05, 0) is 55.5 Å². The summed E-state index contributed by atoms with van der Waals surface area (Å²) in [6.45, 7) is 5.86. The highest BCUT2D eigenvalue weighted by atomic mass is 32.2. The molecule has 30 heavy (non-hydrogen) atoms. The molecule has 0 unspecified atom stereocenters. The number of nitrogens with one attached hydrogen (secondary N) is 2. The molecule has 2 aromatic carbocycles. The highest BCUT2D eigenvalue weighted by Gasteiger charge is 2.14. The first-order chi connectivity index (χ1) is 14.4. The minimum Gasteiger partial charge on any atom is -0.349 e. The van der Waals surface area contributed by atoms with Crippen LogP contribution in [0.4, 0.5) is 5.69 Å². The molecule has 3 rings (SSSR count). The fourth-order valence-electron chi connectivity index (χ4n) is 2.49. The third kappa shape index (κ3) is 5.71. The Morgan fingerprint density at radius 1 is 1.07 bits per heavy atom. The zero-order valence-corrected chi connectivity index (χ0v) is 18.0. The van der Waals surface area contributed by atoms with Gasteiger partial charge in [0, 0.05) is 23.3 Å². The topological polar surface area (TPSA) is 88.2 Å². The number of amides is 1. The number of carbonyl (C=O) groups is 1. The first kappa shape index (κ1) is 21.6. The lowest BCUT2D eigenvalue weighted by atomic mass is 10.2. The third-order valence-corrected chi connectivity index (χ3v) is 6.42. The van der Waals surface area contributed by atoms with E-state index in [1.807, 2.05) is 19.1 Å². The van der Waals surface area contributed by atoms with Crippen LogP contribution in [-0.2, 0) is 10.0 Å². The summed E-state index contributed by atoms with van der Waals surface area (Å²) in [6, 6.07) is 17.2. The van der Waals surface area contributed by atoms with E-state index in [9.17, 15) is 13.2 Å². The molecule has 1 amide bonds. The van der Waals surface area contributed by atoms with Crippen molar-refractivity contribution in [3.8, 4) is 0 Å². The monoisotopic (exact) mass is 439 g/mol. The summed E-state index contributed by atoms with van der Waals surface area (Å²) in [5.41, 5.74) is 1.94. The van der Waals surface area contributed by atoms with Crippen LogP contribution in [-0.4, -0.2) is 25.9 Å². The molecule has 0 fully saturated rings. The van der Waals surface area contributed by atoms with Gasteiger partial charge in [-0.1, -0.05) is 35.5 Å². The van der Waals surface area contributed by atoms with Gasteiger partial charge in [0.05, 0.1) is 10.5 Å². The molecule has 0 aliphatic carbocycles. The number of hydrogen-bond donors (Lipinski definition) is 2. The van der Waals surface area contributed by atoms with Crippen molar-refractivity contribution in [2.24, 2.45) is 0 Å². The number of pyridine rings is 1. The first-order valence-corrected chi connectivity index (χ1v) is 11.4. The predicted molar refractivity (Wildman–Crippen MR) is 119 cm³/mol. The maximum absolute atomic E-state index is 12.5. The van der Waals surface area contributed by atoms with Gasteiger partial charge in [0.1, 0.15) is 5.03 Å². The number of anilines is 1. The number of aryl methyl sites for hydroxylation is 1. The summed E-state index contributed by atoms with van der Waals surface area (Å²) in [6.07, 6.45) is 3.13. The molecule has 0 radical (unpaired) electrons. The summed E-state index contributed by atoms with van der Waals surface area (Å²) in [4.78, 5) is 17.3. The van der Waals surface area contributed by atoms with Crippen LogP contribution in [0.2, 0.25) is 0 Å². The molecule has 0 atom stereocenters. The molecule has 1 aromatic heterocycles. The molecular formula is C22H21N3O3S2. The van der Waals surface area contributed by atoms with Crippen LogP contribution in [0.3, 0.4) is 0 Å². The fraction of sp³-hybridized carbons (Fsp3) is 0.0909. The maximum atomic E-state index is 12.5. The largest absolute Gasteiger partial charge is 0.349 e. The van der Waals surface area contributed by atoms with Crippen LogP contribution in [0, 0.1) is 6.92 Å². The van der Waals surface area contributed by atoms with Crippen molar-refractivity contribution < 1.29 is 13.2 Å². The number of benzene rings is 2. The fourth-order valence-corrected chi connectivity index (χ4v) is 4.30. The molecule has 1 heterocycles. The highest BCUT2D eigenvalue weighted by Crippen LogP contribution is 2.27. The molecule has 0 bridgehead atoms. The Hall–Kier alpha value is -3.10. The van der Waals surface area contributed by atoms with Crippen molar-refractivity contribution in [2.75, 3.05) is 11.3 Å². The number of nitrogens with zero attached hydrogens (tertiary/aromatic N) is 1. The van der Waals surface area contributed by atoms with Gasteiger partial charge in [0.2, 0.25) is 0 Å². The molecule has 0 aliphatic heterocycles. The lowest BCUT2D eigenvalue weighted by Crippen LogP contribution is -2.23. The molecule has 3 aromatic rings. The van der Waals surface area contributed by atoms with Gasteiger partial charge in [0.15, 0.2) is 0 Å². The number of aromatic nitrogens is 1. The standard InChI is InChI=1S/C22H21N3O3S2/c1-3-14-23-22(26)17-6-13-21(24-15-17)29-19-9-7-18(8-10-19)25-30(27,28)20-11-4-16(2)5-12-20/h3-13,15,25H,1,14H2,2H3,(H,23,26). The van der Waals surface area contributed by atoms with E-state index in [0.29, 0.717) is 17.8 Å². The predicted octanol–water partition coefficient (Wildman–Crippen LogP) is 4.26. The highest BCUT2D eigenvalue weighted by molar-refractivity contribution is 7.99. The van der Waals surface area contributed by atoms with E-state index in [4.69, 9.17) is 0 Å². The molecule has 0 spiro atoms. The van der Waals surface area contributed by atoms with E-state index in [1.165, 1.54) is 18.0 Å². The van der Waals surface area contributed by atoms with E-state index >= 15 is 0 Å². The second-order valence-electron chi connectivity index (χ2n) is 6.43. The van der Waals surface area contributed by atoms with Gasteiger partial charge in [-0.15, -0.1) is 6.58 Å². The average molecular weight is 440 g/mol. The van der Waals surface area contributed by atoms with Crippen molar-refractivity contribution in [1.82, 2.24) is 10.3 Å². The lowest BCUT2D eigenvalue weighted by molar-refractivity contribution is 0.0957. The summed E-state index contributed by atoms with van der Waals surface area (Å²) >= 11 is 1.41. The number of rotatable bonds is 8. The van der Waals surface area contributed by atoms with E-state index in [0.717, 1.165) is 15.5 Å². The zero-order chi connectivity index (χ0) is 21.6. The second kappa shape index (κ2) is 9.60. The lowest BCUT2D eigenvalue weighted by Gasteiger charge is -2.09. The van der Waals surface area contributed by atoms with E-state index in [-0.39, 0.29) is 10.8 Å². The minimum absolute atomic E-state index is 0.204. The van der Waals surface area contributed by atoms with Crippen molar-refractivity contribution in [1.29, 1.82) is 0 Å². The van der Waals surface area contributed by atoms with Gasteiger partial charge < -0.3 is 5.32 Å². The van der Waals surface area contributed by atoms with Crippen molar-refractivity contribution in [2.45, 2.75) is 21.7 Å². The maximum Gasteiger partial charge on any atom is 0.261 e. The van der Waals surface area contributed by atoms with Gasteiger partial charge in [-0.25, -0.2) is 13.4 Å². The Labute approximate surface area is 180 Å². The van der Waals surface area contributed by atoms with Gasteiger partial charge in [-0.2, -0.15) is 0 Å². The Morgan fingerprint density at radius 3 is 2.37 bits per heavy atom. The normalized spacial score (nSPS) is 11.0. The van der Waals surface area contributed by atoms with Crippen molar-refractivity contribution in [3.63, 3.8) is 0 Å². The summed E-state index contributed by atoms with van der Waals surface area (Å²) in [5.74, 6) is -0.204. The van der Waals surface area contributed by atoms with Gasteiger partial charge in [-0.3, -0.25) is 9.52 Å². The van der Waals surface area contributed by atoms with Gasteiger partial charge >= 0.3 is 0 Å². The van der Waals surface area contributed by atoms with Crippen LogP contribution in [0.15, 0.2) is 94.3 Å². The van der Waals surface area contributed by atoms with Crippen molar-refractivity contribution >= 4 is 33.4 Å². The molecule has 0 saturated heterocycles. The SMILES string of the molecule is C=CCNC(=O)c1ccc(Sc2ccc(NS(=O)(=O)c3ccc(C)cc3)cc2)nc1. The molecule has 154 valence electrons. The number of sulfonamides is 1. The zero-order valence-electron chi connectivity index (χ0n) is 16.3. The van der Waals surface area contributed by atoms with Crippen LogP contribution >= 0.6 is 11.8 Å². The smallest absolute Gasteiger partial charge is 0.261 e. The van der Waals surface area contributed by atoms with Crippen LogP contribution in [0.5, 0.6) is 0 Å². The van der Waals surface area contributed by atoms with Crippen LogP contribution in [0.25, 0.3) is 0 Å². The molecule has 2 N–H and O–H groups in total. The molecule has 0 saturated carbocycles. The number of carbonyl (C=O) groups excluding carboxylic acids is 1. The Kier molecular flexibility index (Phi) is 6.91. The number of hydrogen-bond acceptors (Lipinski definition) is 5. The summed E-state index contributed by atoms with van der Waals surface area (Å²) in [5, 5.41) is 3.42. The molecule has 0 aliphatic rings. The van der Waals surface area contributed by atoms with Crippen molar-refractivity contribution in [3.05, 3.63) is 90.6 Å². The third-order valence-electron chi connectivity index (χ3n) is 4.07. The summed E-state index contributed by atoms with van der Waals surface area (Å²) in [7, 11) is -3.63. The average Bonchev–Trinajstić information content (AvgIpc) is 2.74. The van der Waals surface area contributed by atoms with Crippen LogP contribution < -0.4 is 10.0 Å². The van der Waals surface area contributed by atoms with E-state index in [2.05, 4.69) is 21.6 Å². The Bertz CT molecular complexity index is 1130. The van der Waals surface area contributed by atoms with Gasteiger partial charge in [0.25, 0.3) is 15.9 Å².